The molecule has 1 aliphatic rings. The second-order valence-corrected chi connectivity index (χ2v) is 14.0. The number of hydrogen-bond donors (Lipinski definition) is 0. The normalized spacial score (nSPS) is 14.3. The lowest BCUT2D eigenvalue weighted by atomic mass is 9.80. The second kappa shape index (κ2) is 20.7. The van der Waals surface area contributed by atoms with E-state index in [1.165, 1.54) is 19.5 Å². The number of hydrogen-bond acceptors (Lipinski definition) is 13. The van der Waals surface area contributed by atoms with Gasteiger partial charge >= 0.3 is 19.5 Å². The van der Waals surface area contributed by atoms with E-state index in [2.05, 4.69) is 44.9 Å². The van der Waals surface area contributed by atoms with Crippen molar-refractivity contribution in [2.75, 3.05) is 27.4 Å². The molecule has 0 aromatic carbocycles. The first-order valence-electron chi connectivity index (χ1n) is 17.3. The number of rotatable bonds is 10. The highest BCUT2D eigenvalue weighted by Crippen LogP contribution is 2.36. The molecule has 1 fully saturated rings. The molecule has 0 aliphatic carbocycles. The van der Waals surface area contributed by atoms with Crippen molar-refractivity contribution in [2.24, 2.45) is 0 Å². The van der Waals surface area contributed by atoms with Gasteiger partial charge in [0.05, 0.1) is 11.2 Å². The van der Waals surface area contributed by atoms with Crippen molar-refractivity contribution in [3.8, 4) is 22.9 Å². The zero-order valence-corrected chi connectivity index (χ0v) is 33.2. The lowest BCUT2D eigenvalue weighted by molar-refractivity contribution is -0.155. The lowest BCUT2D eigenvalue weighted by Crippen LogP contribution is -2.41. The molecule has 62 heavy (non-hydrogen) atoms. The molecule has 25 heteroatoms. The molecule has 0 radical (unpaired) electrons. The SMILES string of the molecule is C.C.CC1(C)OB(c2cnc(OCC(F)(F)F)c(F)c2)OC1(C)C.COCc1nnc2ccc(-c3cnc(OCC(F)(F)F)c(F)c3)cn12.COCc1nnc2ccc(Cl)nn12. The Morgan fingerprint density at radius 3 is 1.76 bits per heavy atom. The fourth-order valence-corrected chi connectivity index (χ4v) is 5.15. The fourth-order valence-electron chi connectivity index (χ4n) is 5.01. The summed E-state index contributed by atoms with van der Waals surface area (Å²) in [5.74, 6) is -2.21. The first-order chi connectivity index (χ1) is 28.1. The molecule has 6 aromatic rings. The Hall–Kier alpha value is -5.30. The van der Waals surface area contributed by atoms with Crippen LogP contribution in [0.5, 0.6) is 11.8 Å². The van der Waals surface area contributed by atoms with E-state index in [0.29, 0.717) is 45.8 Å². The van der Waals surface area contributed by atoms with Gasteiger partial charge in [0, 0.05) is 49.4 Å². The van der Waals surface area contributed by atoms with Gasteiger partial charge in [0.2, 0.25) is 0 Å². The summed E-state index contributed by atoms with van der Waals surface area (Å²) in [6, 6.07) is 8.82. The van der Waals surface area contributed by atoms with Gasteiger partial charge < -0.3 is 28.3 Å². The predicted octanol–water partition coefficient (Wildman–Crippen LogP) is 7.68. The van der Waals surface area contributed by atoms with Gasteiger partial charge in [-0.15, -0.1) is 20.4 Å². The van der Waals surface area contributed by atoms with E-state index in [-0.39, 0.29) is 26.9 Å². The molecule has 1 saturated heterocycles. The molecule has 0 N–H and O–H groups in total. The molecule has 338 valence electrons. The standard InChI is InChI=1S/C15H12F4N4O2.C13H16BF4NO3.C7H7ClN4O.2CH4/c1-24-7-13-22-21-12-3-2-9(6-23(12)13)10-4-11(16)14(20-5-10)25-8-15(17,18)19;1-11(2)12(3,4)22-14(21-11)8-5-9(15)10(19-6-8)20-7-13(16,17)18;1-13-4-7-10-9-6-3-2-5(8)11-12(6)7;;/h2-6H,7-8H2,1H3;5-6H,7H2,1-4H3;2-3H,4H2,1H3;2*1H4. The highest BCUT2D eigenvalue weighted by atomic mass is 35.5. The number of halogens is 9. The lowest BCUT2D eigenvalue weighted by Gasteiger charge is -2.32. The summed E-state index contributed by atoms with van der Waals surface area (Å²) in [6.45, 7) is 4.72. The molecule has 1 aliphatic heterocycles. The summed E-state index contributed by atoms with van der Waals surface area (Å²) < 4.78 is 134. The van der Waals surface area contributed by atoms with Gasteiger partial charge in [0.1, 0.15) is 18.4 Å². The summed E-state index contributed by atoms with van der Waals surface area (Å²) in [5, 5.41) is 20.2. The van der Waals surface area contributed by atoms with Crippen LogP contribution in [0.2, 0.25) is 5.15 Å². The molecular formula is C37H43BClF8N9O6. The third kappa shape index (κ3) is 13.1. The van der Waals surface area contributed by atoms with Crippen LogP contribution < -0.4 is 14.9 Å². The molecule has 0 atom stereocenters. The molecular weight excluding hydrogens is 865 g/mol. The van der Waals surface area contributed by atoms with E-state index < -0.39 is 67.3 Å². The van der Waals surface area contributed by atoms with Gasteiger partial charge in [0.15, 0.2) is 47.8 Å². The third-order valence-electron chi connectivity index (χ3n) is 8.55. The van der Waals surface area contributed by atoms with Crippen molar-refractivity contribution < 1.29 is 63.4 Å². The quantitative estimate of drug-likeness (QED) is 0.0977. The molecule has 0 saturated carbocycles. The summed E-state index contributed by atoms with van der Waals surface area (Å²) >= 11 is 5.72. The Kier molecular flexibility index (Phi) is 17.1. The van der Waals surface area contributed by atoms with E-state index in [1.807, 2.05) is 27.7 Å². The number of fused-ring (bicyclic) bond motifs is 2. The smallest absolute Gasteiger partial charge is 0.466 e. The number of ether oxygens (including phenoxy) is 4. The van der Waals surface area contributed by atoms with Gasteiger partial charge in [-0.3, -0.25) is 4.40 Å². The number of methoxy groups -OCH3 is 2. The van der Waals surface area contributed by atoms with Crippen molar-refractivity contribution in [1.29, 1.82) is 0 Å². The van der Waals surface area contributed by atoms with Gasteiger partial charge in [-0.2, -0.15) is 36.0 Å². The van der Waals surface area contributed by atoms with Crippen LogP contribution in [-0.2, 0) is 32.0 Å². The van der Waals surface area contributed by atoms with Crippen LogP contribution in [0.15, 0.2) is 55.0 Å². The molecule has 7 rings (SSSR count). The highest BCUT2D eigenvalue weighted by Gasteiger charge is 2.52. The Balaban J connectivity index is 0.000000254. The molecule has 0 spiro atoms. The van der Waals surface area contributed by atoms with Gasteiger partial charge in [0.25, 0.3) is 11.8 Å². The number of alkyl halides is 6. The van der Waals surface area contributed by atoms with E-state index in [0.717, 1.165) is 12.1 Å². The van der Waals surface area contributed by atoms with E-state index >= 15 is 0 Å². The average molecular weight is 908 g/mol. The predicted molar refractivity (Wildman–Crippen MR) is 210 cm³/mol. The topological polar surface area (TPSA) is 154 Å². The Bertz CT molecular complexity index is 2390. The van der Waals surface area contributed by atoms with Crippen LogP contribution in [0.3, 0.4) is 0 Å². The van der Waals surface area contributed by atoms with Crippen LogP contribution in [0, 0.1) is 11.6 Å². The number of nitrogens with zero attached hydrogens (tertiary/aromatic N) is 9. The summed E-state index contributed by atoms with van der Waals surface area (Å²) in [7, 11) is 2.26. The molecule has 7 heterocycles. The van der Waals surface area contributed by atoms with E-state index in [9.17, 15) is 35.1 Å². The maximum atomic E-state index is 14.0. The monoisotopic (exact) mass is 907 g/mol. The fraction of sp³-hybridized carbons (Fsp3) is 0.432. The first-order valence-corrected chi connectivity index (χ1v) is 17.7. The van der Waals surface area contributed by atoms with Crippen molar-refractivity contribution in [2.45, 2.75) is 79.3 Å². The largest absolute Gasteiger partial charge is 0.496 e. The van der Waals surface area contributed by atoms with Crippen LogP contribution in [-0.4, -0.2) is 102 Å². The van der Waals surface area contributed by atoms with Crippen LogP contribution >= 0.6 is 11.6 Å². The maximum Gasteiger partial charge on any atom is 0.496 e. The Morgan fingerprint density at radius 1 is 0.694 bits per heavy atom. The minimum atomic E-state index is -4.57. The molecule has 0 bridgehead atoms. The first kappa shape index (κ1) is 51.1. The van der Waals surface area contributed by atoms with Crippen molar-refractivity contribution >= 4 is 35.5 Å². The maximum absolute atomic E-state index is 14.0. The van der Waals surface area contributed by atoms with Crippen molar-refractivity contribution in [1.82, 2.24) is 44.4 Å². The van der Waals surface area contributed by atoms with Gasteiger partial charge in [-0.05, 0) is 64.1 Å². The average Bonchev–Trinajstić information content (AvgIpc) is 3.82. The summed E-state index contributed by atoms with van der Waals surface area (Å²) in [4.78, 5) is 7.19. The van der Waals surface area contributed by atoms with Crippen molar-refractivity contribution in [3.05, 3.63) is 83.4 Å². The molecule has 15 nitrogen and oxygen atoms in total. The zero-order chi connectivity index (χ0) is 44.0. The Labute approximate surface area is 355 Å². The van der Waals surface area contributed by atoms with Crippen LogP contribution in [0.4, 0.5) is 35.1 Å². The summed E-state index contributed by atoms with van der Waals surface area (Å²) in [5.41, 5.74) is 1.25. The number of pyridine rings is 3. The van der Waals surface area contributed by atoms with E-state index in [1.54, 1.807) is 46.5 Å². The number of aromatic nitrogens is 9. The van der Waals surface area contributed by atoms with E-state index in [4.69, 9.17) is 30.4 Å². The van der Waals surface area contributed by atoms with Crippen molar-refractivity contribution in [3.63, 3.8) is 0 Å². The minimum absolute atomic E-state index is 0. The minimum Gasteiger partial charge on any atom is -0.466 e. The third-order valence-corrected chi connectivity index (χ3v) is 8.76. The van der Waals surface area contributed by atoms with Crippen LogP contribution in [0.25, 0.3) is 22.4 Å². The highest BCUT2D eigenvalue weighted by molar-refractivity contribution is 6.62. The second-order valence-electron chi connectivity index (χ2n) is 13.6. The molecule has 0 amide bonds. The summed E-state index contributed by atoms with van der Waals surface area (Å²) in [6.07, 6.45) is -5.05. The zero-order valence-electron chi connectivity index (χ0n) is 32.5. The van der Waals surface area contributed by atoms with Gasteiger partial charge in [-0.25, -0.2) is 18.7 Å². The molecule has 6 aromatic heterocycles. The molecule has 0 unspecified atom stereocenters. The Morgan fingerprint density at radius 2 is 1.21 bits per heavy atom. The van der Waals surface area contributed by atoms with Crippen LogP contribution in [0.1, 0.15) is 54.2 Å². The van der Waals surface area contributed by atoms with Gasteiger partial charge in [-0.1, -0.05) is 26.5 Å².